The van der Waals surface area contributed by atoms with Crippen molar-refractivity contribution in [3.05, 3.63) is 48.0 Å². The molecule has 0 spiro atoms. The highest BCUT2D eigenvalue weighted by molar-refractivity contribution is 5.86. The Morgan fingerprint density at radius 1 is 1.19 bits per heavy atom. The summed E-state index contributed by atoms with van der Waals surface area (Å²) in [4.78, 5) is 17.1. The lowest BCUT2D eigenvalue weighted by molar-refractivity contribution is -0.121. The number of benzene rings is 2. The fourth-order valence-electron chi connectivity index (χ4n) is 3.06. The highest BCUT2D eigenvalue weighted by Gasteiger charge is 2.20. The van der Waals surface area contributed by atoms with Crippen LogP contribution in [0.2, 0.25) is 0 Å². The molecule has 0 aliphatic rings. The van der Waals surface area contributed by atoms with Gasteiger partial charge in [0.15, 0.2) is 28.8 Å². The van der Waals surface area contributed by atoms with E-state index in [1.165, 1.54) is 6.21 Å². The van der Waals surface area contributed by atoms with Crippen molar-refractivity contribution in [3.63, 3.8) is 0 Å². The minimum absolute atomic E-state index is 0.0641. The van der Waals surface area contributed by atoms with E-state index in [1.54, 1.807) is 37.0 Å². The van der Waals surface area contributed by atoms with Crippen molar-refractivity contribution in [1.82, 2.24) is 25.3 Å². The molecule has 0 aliphatic heterocycles. The van der Waals surface area contributed by atoms with Crippen LogP contribution in [0.4, 0.5) is 5.82 Å². The number of para-hydroxylation sites is 2. The number of nitrogens with two attached hydrogens (primary N) is 1. The summed E-state index contributed by atoms with van der Waals surface area (Å²) in [5.74, 6) is 1.26. The molecule has 2 aromatic heterocycles. The Morgan fingerprint density at radius 3 is 2.74 bits per heavy atom. The number of carbonyl (C=O) groups excluding carboxylic acids is 1. The lowest BCUT2D eigenvalue weighted by Gasteiger charge is -2.08. The van der Waals surface area contributed by atoms with E-state index in [4.69, 9.17) is 15.2 Å². The zero-order chi connectivity index (χ0) is 21.8. The average molecular weight is 421 g/mol. The van der Waals surface area contributed by atoms with Gasteiger partial charge in [0.1, 0.15) is 6.54 Å². The Morgan fingerprint density at radius 2 is 2.00 bits per heavy atom. The van der Waals surface area contributed by atoms with Crippen LogP contribution in [0.25, 0.3) is 22.6 Å². The van der Waals surface area contributed by atoms with Gasteiger partial charge in [0, 0.05) is 0 Å². The number of aromatic nitrogens is 4. The summed E-state index contributed by atoms with van der Waals surface area (Å²) in [5.41, 5.74) is 10.7. The SMILES string of the molecule is COc1ccc(C=NNC(=O)Cn2c(-c3nonc3N)nc3ccccc32)cc1OC. The lowest BCUT2D eigenvalue weighted by atomic mass is 10.2. The highest BCUT2D eigenvalue weighted by Crippen LogP contribution is 2.27. The second-order valence-corrected chi connectivity index (χ2v) is 6.42. The zero-order valence-corrected chi connectivity index (χ0v) is 16.8. The number of imidazole rings is 1. The van der Waals surface area contributed by atoms with Gasteiger partial charge in [0.25, 0.3) is 5.91 Å². The second kappa shape index (κ2) is 8.53. The second-order valence-electron chi connectivity index (χ2n) is 6.42. The van der Waals surface area contributed by atoms with Crippen molar-refractivity contribution in [2.45, 2.75) is 6.54 Å². The van der Waals surface area contributed by atoms with Crippen molar-refractivity contribution < 1.29 is 18.9 Å². The maximum atomic E-state index is 12.6. The van der Waals surface area contributed by atoms with E-state index >= 15 is 0 Å². The Labute approximate surface area is 176 Å². The van der Waals surface area contributed by atoms with Crippen molar-refractivity contribution in [3.8, 4) is 23.0 Å². The highest BCUT2D eigenvalue weighted by atomic mass is 16.6. The molecule has 31 heavy (non-hydrogen) atoms. The minimum atomic E-state index is -0.365. The Balaban J connectivity index is 1.54. The van der Waals surface area contributed by atoms with E-state index in [1.807, 2.05) is 24.3 Å². The average Bonchev–Trinajstić information content (AvgIpc) is 3.36. The van der Waals surface area contributed by atoms with Gasteiger partial charge in [-0.3, -0.25) is 4.79 Å². The molecule has 0 saturated carbocycles. The van der Waals surface area contributed by atoms with Crippen molar-refractivity contribution in [2.24, 2.45) is 5.10 Å². The summed E-state index contributed by atoms with van der Waals surface area (Å²) in [7, 11) is 3.10. The molecule has 3 N–H and O–H groups in total. The molecule has 0 aliphatic carbocycles. The molecule has 0 unspecified atom stereocenters. The van der Waals surface area contributed by atoms with Crippen LogP contribution in [-0.4, -0.2) is 46.2 Å². The molecule has 0 fully saturated rings. The Hall–Kier alpha value is -4.41. The van der Waals surface area contributed by atoms with Gasteiger partial charge in [-0.2, -0.15) is 5.10 Å². The van der Waals surface area contributed by atoms with E-state index in [0.29, 0.717) is 22.8 Å². The predicted octanol–water partition coefficient (Wildman–Crippen LogP) is 1.84. The number of hydrogen-bond acceptors (Lipinski definition) is 9. The summed E-state index contributed by atoms with van der Waals surface area (Å²) in [5, 5.41) is 11.4. The summed E-state index contributed by atoms with van der Waals surface area (Å²) < 4.78 is 16.8. The van der Waals surface area contributed by atoms with Gasteiger partial charge in [-0.15, -0.1) is 0 Å². The smallest absolute Gasteiger partial charge is 0.260 e. The van der Waals surface area contributed by atoms with Gasteiger partial charge in [-0.25, -0.2) is 15.0 Å². The van der Waals surface area contributed by atoms with Crippen LogP contribution in [0.5, 0.6) is 11.5 Å². The van der Waals surface area contributed by atoms with Crippen LogP contribution in [-0.2, 0) is 11.3 Å². The number of hydrazone groups is 1. The number of amides is 1. The first-order valence-corrected chi connectivity index (χ1v) is 9.18. The van der Waals surface area contributed by atoms with Crippen molar-refractivity contribution >= 4 is 29.0 Å². The third-order valence-electron chi connectivity index (χ3n) is 4.49. The van der Waals surface area contributed by atoms with Gasteiger partial charge in [-0.05, 0) is 46.2 Å². The molecule has 1 amide bonds. The first-order chi connectivity index (χ1) is 15.1. The molecule has 2 heterocycles. The molecular formula is C20H19N7O4. The van der Waals surface area contributed by atoms with Crippen LogP contribution in [0.1, 0.15) is 5.56 Å². The van der Waals surface area contributed by atoms with Crippen LogP contribution in [0, 0.1) is 0 Å². The summed E-state index contributed by atoms with van der Waals surface area (Å²) >= 11 is 0. The van der Waals surface area contributed by atoms with Gasteiger partial charge >= 0.3 is 0 Å². The number of hydrogen-bond donors (Lipinski definition) is 2. The topological polar surface area (TPSA) is 143 Å². The number of nitrogen functional groups attached to an aromatic ring is 1. The summed E-state index contributed by atoms with van der Waals surface area (Å²) in [6.07, 6.45) is 1.51. The quantitative estimate of drug-likeness (QED) is 0.340. The summed E-state index contributed by atoms with van der Waals surface area (Å²) in [6, 6.07) is 12.7. The fourth-order valence-corrected chi connectivity index (χ4v) is 3.06. The van der Waals surface area contributed by atoms with Gasteiger partial charge < -0.3 is 19.8 Å². The van der Waals surface area contributed by atoms with Crippen molar-refractivity contribution in [2.75, 3.05) is 20.0 Å². The van der Waals surface area contributed by atoms with E-state index < -0.39 is 0 Å². The number of carbonyl (C=O) groups is 1. The van der Waals surface area contributed by atoms with Gasteiger partial charge in [0.2, 0.25) is 0 Å². The first-order valence-electron chi connectivity index (χ1n) is 9.18. The van der Waals surface area contributed by atoms with Gasteiger partial charge in [-0.1, -0.05) is 12.1 Å². The summed E-state index contributed by atoms with van der Waals surface area (Å²) in [6.45, 7) is -0.0641. The lowest BCUT2D eigenvalue weighted by Crippen LogP contribution is -2.23. The molecule has 0 radical (unpaired) electrons. The van der Waals surface area contributed by atoms with E-state index in [2.05, 4.69) is 30.5 Å². The maximum absolute atomic E-state index is 12.6. The predicted molar refractivity (Wildman–Crippen MR) is 113 cm³/mol. The number of methoxy groups -OCH3 is 2. The van der Waals surface area contributed by atoms with E-state index in [0.717, 1.165) is 11.1 Å². The van der Waals surface area contributed by atoms with Crippen LogP contribution >= 0.6 is 0 Å². The van der Waals surface area contributed by atoms with Crippen LogP contribution in [0.3, 0.4) is 0 Å². The third kappa shape index (κ3) is 4.01. The Bertz CT molecular complexity index is 1260. The number of rotatable bonds is 7. The van der Waals surface area contributed by atoms with Crippen molar-refractivity contribution in [1.29, 1.82) is 0 Å². The Kier molecular flexibility index (Phi) is 5.47. The van der Waals surface area contributed by atoms with E-state index in [-0.39, 0.29) is 24.0 Å². The number of nitrogens with zero attached hydrogens (tertiary/aromatic N) is 5. The molecule has 4 rings (SSSR count). The standard InChI is InChI=1S/C20H19N7O4/c1-29-15-8-7-12(9-16(15)30-2)10-22-24-17(28)11-27-14-6-4-3-5-13(14)23-20(27)18-19(21)26-31-25-18/h3-10H,11H2,1-2H3,(H2,21,26)(H,24,28). The maximum Gasteiger partial charge on any atom is 0.260 e. The fraction of sp³-hybridized carbons (Fsp3) is 0.150. The molecule has 2 aromatic carbocycles. The molecule has 158 valence electrons. The first kappa shape index (κ1) is 19.9. The molecule has 0 saturated heterocycles. The number of fused-ring (bicyclic) bond motifs is 1. The normalized spacial score (nSPS) is 11.2. The monoisotopic (exact) mass is 421 g/mol. The third-order valence-corrected chi connectivity index (χ3v) is 4.49. The molecule has 4 aromatic rings. The number of ether oxygens (including phenoxy) is 2. The minimum Gasteiger partial charge on any atom is -0.493 e. The molecule has 0 bridgehead atoms. The molecule has 11 nitrogen and oxygen atoms in total. The molecule has 0 atom stereocenters. The largest absolute Gasteiger partial charge is 0.493 e. The van der Waals surface area contributed by atoms with Crippen LogP contribution < -0.4 is 20.6 Å². The van der Waals surface area contributed by atoms with Gasteiger partial charge in [0.05, 0.1) is 31.5 Å². The van der Waals surface area contributed by atoms with Crippen LogP contribution in [0.15, 0.2) is 52.2 Å². The molecule has 11 heteroatoms. The number of anilines is 1. The van der Waals surface area contributed by atoms with E-state index in [9.17, 15) is 4.79 Å². The zero-order valence-electron chi connectivity index (χ0n) is 16.8. The molecular weight excluding hydrogens is 402 g/mol. The number of nitrogens with one attached hydrogen (secondary N) is 1.